The monoisotopic (exact) mass is 227 g/mol. The van der Waals surface area contributed by atoms with Crippen LogP contribution in [0.25, 0.3) is 11.0 Å². The lowest BCUT2D eigenvalue weighted by Crippen LogP contribution is -2.02. The molecule has 1 aromatic heterocycles. The summed E-state index contributed by atoms with van der Waals surface area (Å²) in [6, 6.07) is 7.60. The van der Waals surface area contributed by atoms with Gasteiger partial charge in [-0.1, -0.05) is 0 Å². The van der Waals surface area contributed by atoms with Crippen molar-refractivity contribution in [1.29, 1.82) is 5.26 Å². The number of nitrogens with one attached hydrogen (secondary N) is 1. The first-order valence-corrected chi connectivity index (χ1v) is 5.81. The van der Waals surface area contributed by atoms with Crippen molar-refractivity contribution >= 4 is 11.0 Å². The van der Waals surface area contributed by atoms with Gasteiger partial charge in [0.15, 0.2) is 0 Å². The molecule has 1 N–H and O–H groups in total. The number of nitrogens with zero attached hydrogens (tertiary/aromatic N) is 2. The Morgan fingerprint density at radius 1 is 1.47 bits per heavy atom. The van der Waals surface area contributed by atoms with Gasteiger partial charge in [-0.2, -0.15) is 5.26 Å². The molecule has 1 aromatic carbocycles. The van der Waals surface area contributed by atoms with Crippen molar-refractivity contribution in [3.8, 4) is 6.07 Å². The van der Waals surface area contributed by atoms with E-state index in [1.807, 2.05) is 12.1 Å². The van der Waals surface area contributed by atoms with E-state index in [0.717, 1.165) is 29.7 Å². The second-order valence-electron chi connectivity index (χ2n) is 4.48. The lowest BCUT2D eigenvalue weighted by atomic mass is 10.2. The number of benzene rings is 1. The van der Waals surface area contributed by atoms with Crippen molar-refractivity contribution in [2.75, 3.05) is 0 Å². The number of fused-ring (bicyclic) bond motifs is 1. The highest BCUT2D eigenvalue weighted by molar-refractivity contribution is 5.76. The topological polar surface area (TPSA) is 61.7 Å². The highest BCUT2D eigenvalue weighted by Crippen LogP contribution is 2.31. The van der Waals surface area contributed by atoms with Gasteiger partial charge in [-0.15, -0.1) is 0 Å². The minimum absolute atomic E-state index is 0.0722. The third-order valence-corrected chi connectivity index (χ3v) is 3.17. The zero-order valence-electron chi connectivity index (χ0n) is 9.60. The molecule has 0 saturated carbocycles. The fourth-order valence-corrected chi connectivity index (χ4v) is 2.26. The summed E-state index contributed by atoms with van der Waals surface area (Å²) in [5, 5.41) is 8.84. The van der Waals surface area contributed by atoms with E-state index in [1.165, 1.54) is 0 Å². The predicted octanol–water partition coefficient (Wildman–Crippen LogP) is 2.67. The molecular weight excluding hydrogens is 214 g/mol. The van der Waals surface area contributed by atoms with Crippen LogP contribution >= 0.6 is 0 Å². The van der Waals surface area contributed by atoms with Crippen LogP contribution in [0.5, 0.6) is 0 Å². The number of aromatic amines is 1. The van der Waals surface area contributed by atoms with E-state index < -0.39 is 0 Å². The highest BCUT2D eigenvalue weighted by Gasteiger charge is 2.25. The maximum atomic E-state index is 8.84. The van der Waals surface area contributed by atoms with Gasteiger partial charge in [-0.3, -0.25) is 0 Å². The van der Waals surface area contributed by atoms with Crippen molar-refractivity contribution < 1.29 is 4.74 Å². The number of hydrogen-bond donors (Lipinski definition) is 1. The molecule has 4 nitrogen and oxygen atoms in total. The summed E-state index contributed by atoms with van der Waals surface area (Å²) in [7, 11) is 0. The number of aromatic nitrogens is 2. The van der Waals surface area contributed by atoms with Crippen LogP contribution in [0.1, 0.15) is 37.3 Å². The number of ether oxygens (including phenoxy) is 1. The average molecular weight is 227 g/mol. The van der Waals surface area contributed by atoms with Gasteiger partial charge in [0, 0.05) is 0 Å². The standard InChI is InChI=1S/C13H13N3O/c1-8-2-5-12(17-8)13-15-10-4-3-9(7-14)6-11(10)16-13/h3-4,6,8,12H,2,5H2,1H3,(H,15,16). The molecule has 1 saturated heterocycles. The molecule has 1 aliphatic heterocycles. The van der Waals surface area contributed by atoms with Crippen molar-refractivity contribution in [3.05, 3.63) is 29.6 Å². The molecule has 0 bridgehead atoms. The number of nitriles is 1. The van der Waals surface area contributed by atoms with Crippen molar-refractivity contribution in [1.82, 2.24) is 9.97 Å². The van der Waals surface area contributed by atoms with Gasteiger partial charge >= 0.3 is 0 Å². The second kappa shape index (κ2) is 3.86. The second-order valence-corrected chi connectivity index (χ2v) is 4.48. The number of imidazole rings is 1. The van der Waals surface area contributed by atoms with Crippen molar-refractivity contribution in [2.45, 2.75) is 32.0 Å². The van der Waals surface area contributed by atoms with Crippen LogP contribution in [0, 0.1) is 11.3 Å². The molecule has 2 unspecified atom stereocenters. The van der Waals surface area contributed by atoms with Gasteiger partial charge in [-0.25, -0.2) is 4.98 Å². The molecule has 0 spiro atoms. The van der Waals surface area contributed by atoms with E-state index in [4.69, 9.17) is 10.00 Å². The Balaban J connectivity index is 1.99. The lowest BCUT2D eigenvalue weighted by Gasteiger charge is -2.06. The maximum Gasteiger partial charge on any atom is 0.136 e. The molecule has 2 aromatic rings. The Hall–Kier alpha value is -1.86. The molecule has 4 heteroatoms. The average Bonchev–Trinajstić information content (AvgIpc) is 2.93. The minimum Gasteiger partial charge on any atom is -0.367 e. The third kappa shape index (κ3) is 1.79. The van der Waals surface area contributed by atoms with E-state index in [-0.39, 0.29) is 6.10 Å². The van der Waals surface area contributed by atoms with E-state index in [2.05, 4.69) is 23.0 Å². The van der Waals surface area contributed by atoms with Gasteiger partial charge in [0.2, 0.25) is 0 Å². The molecule has 17 heavy (non-hydrogen) atoms. The van der Waals surface area contributed by atoms with Crippen LogP contribution in [0.3, 0.4) is 0 Å². The molecule has 2 atom stereocenters. The van der Waals surface area contributed by atoms with Gasteiger partial charge in [0.25, 0.3) is 0 Å². The van der Waals surface area contributed by atoms with Gasteiger partial charge in [0.1, 0.15) is 11.9 Å². The Morgan fingerprint density at radius 3 is 3.06 bits per heavy atom. The van der Waals surface area contributed by atoms with Crippen LogP contribution in [0.2, 0.25) is 0 Å². The fraction of sp³-hybridized carbons (Fsp3) is 0.385. The van der Waals surface area contributed by atoms with E-state index in [1.54, 1.807) is 6.07 Å². The van der Waals surface area contributed by atoms with Crippen LogP contribution in [0.4, 0.5) is 0 Å². The quantitative estimate of drug-likeness (QED) is 0.814. The van der Waals surface area contributed by atoms with E-state index >= 15 is 0 Å². The SMILES string of the molecule is CC1CCC(c2nc3ccc(C#N)cc3[nH]2)O1. The molecule has 1 fully saturated rings. The van der Waals surface area contributed by atoms with Gasteiger partial charge in [0.05, 0.1) is 28.8 Å². The lowest BCUT2D eigenvalue weighted by molar-refractivity contribution is 0.0510. The summed E-state index contributed by atoms with van der Waals surface area (Å²) in [4.78, 5) is 7.76. The number of hydrogen-bond acceptors (Lipinski definition) is 3. The zero-order valence-corrected chi connectivity index (χ0v) is 9.60. The molecule has 2 heterocycles. The van der Waals surface area contributed by atoms with Crippen LogP contribution in [-0.2, 0) is 4.74 Å². The summed E-state index contributed by atoms with van der Waals surface area (Å²) in [6.07, 6.45) is 2.46. The summed E-state index contributed by atoms with van der Waals surface area (Å²) in [5.74, 6) is 0.874. The Morgan fingerprint density at radius 2 is 2.35 bits per heavy atom. The molecular formula is C13H13N3O. The first-order chi connectivity index (χ1) is 8.26. The van der Waals surface area contributed by atoms with Gasteiger partial charge < -0.3 is 9.72 Å². The van der Waals surface area contributed by atoms with E-state index in [9.17, 15) is 0 Å². The first kappa shape index (κ1) is 10.3. The summed E-state index contributed by atoms with van der Waals surface area (Å²) in [6.45, 7) is 2.08. The fourth-order valence-electron chi connectivity index (χ4n) is 2.26. The molecule has 0 amide bonds. The molecule has 1 aliphatic rings. The van der Waals surface area contributed by atoms with Crippen LogP contribution in [0.15, 0.2) is 18.2 Å². The molecule has 3 rings (SSSR count). The van der Waals surface area contributed by atoms with Gasteiger partial charge in [-0.05, 0) is 38.0 Å². The summed E-state index contributed by atoms with van der Waals surface area (Å²) < 4.78 is 5.77. The largest absolute Gasteiger partial charge is 0.367 e. The maximum absolute atomic E-state index is 8.84. The molecule has 0 aliphatic carbocycles. The van der Waals surface area contributed by atoms with Crippen LogP contribution < -0.4 is 0 Å². The van der Waals surface area contributed by atoms with Crippen LogP contribution in [-0.4, -0.2) is 16.1 Å². The molecule has 86 valence electrons. The Bertz CT molecular complexity index is 596. The third-order valence-electron chi connectivity index (χ3n) is 3.17. The Kier molecular flexibility index (Phi) is 2.34. The smallest absolute Gasteiger partial charge is 0.136 e. The first-order valence-electron chi connectivity index (χ1n) is 5.81. The number of H-pyrrole nitrogens is 1. The van der Waals surface area contributed by atoms with Crippen molar-refractivity contribution in [3.63, 3.8) is 0 Å². The number of rotatable bonds is 1. The minimum atomic E-state index is 0.0722. The summed E-state index contributed by atoms with van der Waals surface area (Å²) >= 11 is 0. The Labute approximate surface area is 99.2 Å². The van der Waals surface area contributed by atoms with E-state index in [0.29, 0.717) is 11.7 Å². The highest BCUT2D eigenvalue weighted by atomic mass is 16.5. The molecule has 0 radical (unpaired) electrons. The van der Waals surface area contributed by atoms with Crippen molar-refractivity contribution in [2.24, 2.45) is 0 Å². The predicted molar refractivity (Wildman–Crippen MR) is 63.3 cm³/mol. The zero-order chi connectivity index (χ0) is 11.8. The normalized spacial score (nSPS) is 24.0. The summed E-state index contributed by atoms with van der Waals surface area (Å²) in [5.41, 5.74) is 2.44.